The van der Waals surface area contributed by atoms with Crippen molar-refractivity contribution in [3.63, 3.8) is 0 Å². The van der Waals surface area contributed by atoms with Gasteiger partial charge in [-0.25, -0.2) is 4.98 Å². The number of hydrogen-bond donors (Lipinski definition) is 0. The second-order valence-electron chi connectivity index (χ2n) is 5.42. The second-order valence-corrected chi connectivity index (χ2v) is 7.72. The predicted octanol–water partition coefficient (Wildman–Crippen LogP) is 4.75. The third-order valence-corrected chi connectivity index (χ3v) is 5.47. The maximum atomic E-state index is 12.9. The number of ether oxygens (including phenoxy) is 1. The highest BCUT2D eigenvalue weighted by molar-refractivity contribution is 9.10. The average Bonchev–Trinajstić information content (AvgIpc) is 2.61. The summed E-state index contributed by atoms with van der Waals surface area (Å²) in [5.74, 6) is 0.707. The van der Waals surface area contributed by atoms with Gasteiger partial charge in [0.1, 0.15) is 0 Å². The molecule has 0 bridgehead atoms. The molecule has 0 unspecified atom stereocenters. The van der Waals surface area contributed by atoms with E-state index in [4.69, 9.17) is 16.3 Å². The molecule has 130 valence electrons. The van der Waals surface area contributed by atoms with Crippen molar-refractivity contribution in [1.82, 2.24) is 9.55 Å². The Morgan fingerprint density at radius 2 is 2.00 bits per heavy atom. The summed E-state index contributed by atoms with van der Waals surface area (Å²) in [5.41, 5.74) is 1.76. The molecule has 1 heterocycles. The van der Waals surface area contributed by atoms with Crippen LogP contribution in [0.5, 0.6) is 0 Å². The van der Waals surface area contributed by atoms with E-state index >= 15 is 0 Å². The summed E-state index contributed by atoms with van der Waals surface area (Å²) < 4.78 is 7.69. The van der Waals surface area contributed by atoms with Gasteiger partial charge in [-0.3, -0.25) is 9.36 Å². The van der Waals surface area contributed by atoms with E-state index in [-0.39, 0.29) is 5.56 Å². The first kappa shape index (κ1) is 18.5. The molecule has 1 aromatic heterocycles. The molecule has 0 atom stereocenters. The fraction of sp³-hybridized carbons (Fsp3) is 0.222. The van der Waals surface area contributed by atoms with E-state index in [1.165, 1.54) is 11.8 Å². The molecule has 4 nitrogen and oxygen atoms in total. The Labute approximate surface area is 163 Å². The molecule has 2 aromatic carbocycles. The van der Waals surface area contributed by atoms with Gasteiger partial charge < -0.3 is 4.74 Å². The Morgan fingerprint density at radius 1 is 1.24 bits per heavy atom. The Morgan fingerprint density at radius 3 is 2.72 bits per heavy atom. The second kappa shape index (κ2) is 8.36. The summed E-state index contributed by atoms with van der Waals surface area (Å²) in [5, 5.41) is 1.99. The van der Waals surface area contributed by atoms with Crippen LogP contribution in [-0.2, 0) is 17.0 Å². The third-order valence-electron chi connectivity index (χ3n) is 3.68. The number of methoxy groups -OCH3 is 1. The molecule has 3 rings (SSSR count). The lowest BCUT2D eigenvalue weighted by atomic mass is 10.2. The lowest BCUT2D eigenvalue weighted by Crippen LogP contribution is -2.25. The number of aromatic nitrogens is 2. The van der Waals surface area contributed by atoms with E-state index in [2.05, 4.69) is 20.9 Å². The average molecular weight is 440 g/mol. The molecule has 0 aliphatic rings. The minimum atomic E-state index is -0.0537. The number of nitrogens with zero attached hydrogens (tertiary/aromatic N) is 2. The molecule has 0 aliphatic carbocycles. The molecule has 0 radical (unpaired) electrons. The van der Waals surface area contributed by atoms with Crippen molar-refractivity contribution in [3.05, 3.63) is 67.9 Å². The van der Waals surface area contributed by atoms with Crippen LogP contribution in [0.1, 0.15) is 5.56 Å². The smallest absolute Gasteiger partial charge is 0.262 e. The largest absolute Gasteiger partial charge is 0.383 e. The Balaban J connectivity index is 1.97. The zero-order valence-electron chi connectivity index (χ0n) is 13.5. The van der Waals surface area contributed by atoms with Gasteiger partial charge in [0.05, 0.1) is 24.1 Å². The first-order chi connectivity index (χ1) is 12.1. The molecule has 25 heavy (non-hydrogen) atoms. The summed E-state index contributed by atoms with van der Waals surface area (Å²) in [7, 11) is 1.62. The van der Waals surface area contributed by atoms with E-state index < -0.39 is 0 Å². The Kier molecular flexibility index (Phi) is 6.17. The highest BCUT2D eigenvalue weighted by atomic mass is 79.9. The van der Waals surface area contributed by atoms with Crippen molar-refractivity contribution in [2.75, 3.05) is 13.7 Å². The summed E-state index contributed by atoms with van der Waals surface area (Å²) in [6.45, 7) is 0.920. The van der Waals surface area contributed by atoms with Crippen LogP contribution in [0.3, 0.4) is 0 Å². The van der Waals surface area contributed by atoms with Gasteiger partial charge in [-0.05, 0) is 35.9 Å². The first-order valence-electron chi connectivity index (χ1n) is 7.65. The molecule has 0 fully saturated rings. The molecule has 0 spiro atoms. The van der Waals surface area contributed by atoms with Gasteiger partial charge in [0.15, 0.2) is 5.16 Å². The van der Waals surface area contributed by atoms with Crippen molar-refractivity contribution < 1.29 is 4.74 Å². The standard InChI is InChI=1S/C18H16BrClN2O2S/c1-24-9-8-22-17(23)15-10-13(19)4-7-16(15)21-18(22)25-11-12-2-5-14(20)6-3-12/h2-7,10H,8-9,11H2,1H3. The van der Waals surface area contributed by atoms with E-state index in [9.17, 15) is 4.79 Å². The SMILES string of the molecule is COCCn1c(SCc2ccc(Cl)cc2)nc2ccc(Br)cc2c1=O. The van der Waals surface area contributed by atoms with E-state index in [0.29, 0.717) is 40.0 Å². The summed E-state index contributed by atoms with van der Waals surface area (Å²) in [6, 6.07) is 13.2. The van der Waals surface area contributed by atoms with Gasteiger partial charge in [0, 0.05) is 22.4 Å². The minimum Gasteiger partial charge on any atom is -0.383 e. The highest BCUT2D eigenvalue weighted by Gasteiger charge is 2.12. The topological polar surface area (TPSA) is 44.1 Å². The summed E-state index contributed by atoms with van der Waals surface area (Å²) in [4.78, 5) is 17.6. The van der Waals surface area contributed by atoms with Crippen LogP contribution in [-0.4, -0.2) is 23.3 Å². The maximum Gasteiger partial charge on any atom is 0.262 e. The molecular formula is C18H16BrClN2O2S. The number of rotatable bonds is 6. The molecule has 3 aromatic rings. The molecule has 7 heteroatoms. The number of thioether (sulfide) groups is 1. The highest BCUT2D eigenvalue weighted by Crippen LogP contribution is 2.24. The minimum absolute atomic E-state index is 0.0537. The van der Waals surface area contributed by atoms with E-state index in [1.54, 1.807) is 11.7 Å². The van der Waals surface area contributed by atoms with Crippen LogP contribution in [0.15, 0.2) is 56.9 Å². The summed E-state index contributed by atoms with van der Waals surface area (Å²) >= 11 is 10.9. The first-order valence-corrected chi connectivity index (χ1v) is 9.80. The van der Waals surface area contributed by atoms with E-state index in [1.807, 2.05) is 42.5 Å². The lowest BCUT2D eigenvalue weighted by Gasteiger charge is -2.13. The van der Waals surface area contributed by atoms with Gasteiger partial charge in [0.25, 0.3) is 5.56 Å². The fourth-order valence-corrected chi connectivity index (χ4v) is 3.86. The Hall–Kier alpha value is -1.34. The van der Waals surface area contributed by atoms with Crippen LogP contribution in [0.25, 0.3) is 10.9 Å². The van der Waals surface area contributed by atoms with E-state index in [0.717, 1.165) is 10.0 Å². The maximum absolute atomic E-state index is 12.9. The number of benzene rings is 2. The van der Waals surface area contributed by atoms with Gasteiger partial charge in [-0.15, -0.1) is 0 Å². The van der Waals surface area contributed by atoms with Crippen LogP contribution in [0, 0.1) is 0 Å². The number of fused-ring (bicyclic) bond motifs is 1. The van der Waals surface area contributed by atoms with Crippen molar-refractivity contribution >= 4 is 50.2 Å². The van der Waals surface area contributed by atoms with Crippen LogP contribution >= 0.6 is 39.3 Å². The van der Waals surface area contributed by atoms with Crippen molar-refractivity contribution in [2.24, 2.45) is 0 Å². The normalized spacial score (nSPS) is 11.2. The summed E-state index contributed by atoms with van der Waals surface area (Å²) in [6.07, 6.45) is 0. The third kappa shape index (κ3) is 4.44. The van der Waals surface area contributed by atoms with Gasteiger partial charge >= 0.3 is 0 Å². The quantitative estimate of drug-likeness (QED) is 0.411. The molecule has 0 saturated heterocycles. The molecule has 0 N–H and O–H groups in total. The molecule has 0 amide bonds. The van der Waals surface area contributed by atoms with Gasteiger partial charge in [-0.1, -0.05) is 51.4 Å². The monoisotopic (exact) mass is 438 g/mol. The molecule has 0 saturated carbocycles. The Bertz CT molecular complexity index is 944. The fourth-order valence-electron chi connectivity index (χ4n) is 2.39. The van der Waals surface area contributed by atoms with Crippen molar-refractivity contribution in [2.45, 2.75) is 17.5 Å². The predicted molar refractivity (Wildman–Crippen MR) is 107 cm³/mol. The molecule has 0 aliphatic heterocycles. The number of halogens is 2. The zero-order chi connectivity index (χ0) is 17.8. The number of hydrogen-bond acceptors (Lipinski definition) is 4. The van der Waals surface area contributed by atoms with Crippen molar-refractivity contribution in [3.8, 4) is 0 Å². The van der Waals surface area contributed by atoms with Crippen LogP contribution in [0.2, 0.25) is 5.02 Å². The van der Waals surface area contributed by atoms with Crippen LogP contribution in [0.4, 0.5) is 0 Å². The lowest BCUT2D eigenvalue weighted by molar-refractivity contribution is 0.183. The van der Waals surface area contributed by atoms with Crippen molar-refractivity contribution in [1.29, 1.82) is 0 Å². The van der Waals surface area contributed by atoms with Gasteiger partial charge in [-0.2, -0.15) is 0 Å². The van der Waals surface area contributed by atoms with Crippen LogP contribution < -0.4 is 5.56 Å². The molecular weight excluding hydrogens is 424 g/mol. The van der Waals surface area contributed by atoms with Gasteiger partial charge in [0.2, 0.25) is 0 Å². The zero-order valence-corrected chi connectivity index (χ0v) is 16.7.